The molecule has 0 saturated heterocycles. The number of nitro benzene ring substituents is 1. The van der Waals surface area contributed by atoms with Crippen LogP contribution < -0.4 is 5.32 Å². The minimum atomic E-state index is -0.343. The van der Waals surface area contributed by atoms with Crippen molar-refractivity contribution in [3.05, 3.63) is 33.9 Å². The number of hydrogen-bond donors (Lipinski definition) is 1. The molecule has 0 bridgehead atoms. The summed E-state index contributed by atoms with van der Waals surface area (Å²) in [6, 6.07) is 5.31. The Morgan fingerprint density at radius 3 is 2.65 bits per heavy atom. The van der Waals surface area contributed by atoms with Crippen LogP contribution in [0.1, 0.15) is 32.8 Å². The summed E-state index contributed by atoms with van der Waals surface area (Å²) in [5.74, 6) is 0.687. The molecule has 1 rings (SSSR count). The summed E-state index contributed by atoms with van der Waals surface area (Å²) in [5.41, 5.74) is 1.84. The third kappa shape index (κ3) is 5.17. The van der Waals surface area contributed by atoms with Crippen LogP contribution in [-0.2, 0) is 6.54 Å². The maximum atomic E-state index is 11.0. The lowest BCUT2D eigenvalue weighted by Crippen LogP contribution is -2.20. The largest absolute Gasteiger partial charge is 0.380 e. The lowest BCUT2D eigenvalue weighted by molar-refractivity contribution is -0.384. The molecule has 0 spiro atoms. The number of rotatable bonds is 8. The molecule has 0 atom stereocenters. The van der Waals surface area contributed by atoms with Crippen LogP contribution >= 0.6 is 0 Å². The molecular weight excluding hydrogens is 254 g/mol. The van der Waals surface area contributed by atoms with E-state index < -0.39 is 0 Å². The van der Waals surface area contributed by atoms with Crippen LogP contribution in [0.3, 0.4) is 0 Å². The van der Waals surface area contributed by atoms with E-state index in [0.29, 0.717) is 18.2 Å². The summed E-state index contributed by atoms with van der Waals surface area (Å²) in [6.45, 7) is 8.87. The van der Waals surface area contributed by atoms with Crippen LogP contribution in [0.5, 0.6) is 0 Å². The van der Waals surface area contributed by atoms with E-state index in [1.807, 2.05) is 19.1 Å². The highest BCUT2D eigenvalue weighted by molar-refractivity contribution is 5.62. The fraction of sp³-hybridized carbons (Fsp3) is 0.600. The topological polar surface area (TPSA) is 58.4 Å². The highest BCUT2D eigenvalue weighted by Gasteiger charge is 2.14. The standard InChI is InChI=1S/C15H25N3O2/c1-5-16-14-10-13(6-7-15(14)18(19)20)11-17(4)9-8-12(2)3/h6-7,10,12,16H,5,8-9,11H2,1-4H3. The van der Waals surface area contributed by atoms with Crippen molar-refractivity contribution in [3.63, 3.8) is 0 Å². The fourth-order valence-corrected chi connectivity index (χ4v) is 2.04. The number of nitro groups is 1. The first kappa shape index (κ1) is 16.4. The maximum absolute atomic E-state index is 11.0. The van der Waals surface area contributed by atoms with Gasteiger partial charge in [0.1, 0.15) is 5.69 Å². The average Bonchev–Trinajstić information content (AvgIpc) is 2.36. The summed E-state index contributed by atoms with van der Waals surface area (Å²) in [4.78, 5) is 12.9. The maximum Gasteiger partial charge on any atom is 0.292 e. The number of benzene rings is 1. The van der Waals surface area contributed by atoms with Gasteiger partial charge in [-0.25, -0.2) is 0 Å². The molecule has 0 aliphatic rings. The molecule has 0 unspecified atom stereocenters. The Bertz CT molecular complexity index is 447. The van der Waals surface area contributed by atoms with Crippen molar-refractivity contribution in [2.75, 3.05) is 25.5 Å². The second-order valence-electron chi connectivity index (χ2n) is 5.56. The quantitative estimate of drug-likeness (QED) is 0.584. The first-order valence-corrected chi connectivity index (χ1v) is 7.13. The molecule has 0 fully saturated rings. The fourth-order valence-electron chi connectivity index (χ4n) is 2.04. The monoisotopic (exact) mass is 279 g/mol. The van der Waals surface area contributed by atoms with E-state index >= 15 is 0 Å². The predicted molar refractivity (Wildman–Crippen MR) is 83.0 cm³/mol. The van der Waals surface area contributed by atoms with E-state index in [1.54, 1.807) is 6.07 Å². The van der Waals surface area contributed by atoms with Crippen molar-refractivity contribution < 1.29 is 4.92 Å². The Kier molecular flexibility index (Phi) is 6.45. The minimum Gasteiger partial charge on any atom is -0.380 e. The Labute approximate surface area is 121 Å². The van der Waals surface area contributed by atoms with Crippen LogP contribution in [0, 0.1) is 16.0 Å². The molecule has 5 nitrogen and oxygen atoms in total. The van der Waals surface area contributed by atoms with Crippen molar-refractivity contribution in [2.45, 2.75) is 33.7 Å². The molecule has 0 aliphatic carbocycles. The molecule has 0 saturated carbocycles. The number of anilines is 1. The summed E-state index contributed by atoms with van der Waals surface area (Å²) in [5, 5.41) is 14.0. The molecule has 0 amide bonds. The van der Waals surface area contributed by atoms with Gasteiger partial charge < -0.3 is 10.2 Å². The third-order valence-electron chi connectivity index (χ3n) is 3.17. The second-order valence-corrected chi connectivity index (χ2v) is 5.56. The van der Waals surface area contributed by atoms with E-state index in [2.05, 4.69) is 31.1 Å². The smallest absolute Gasteiger partial charge is 0.292 e. The first-order valence-electron chi connectivity index (χ1n) is 7.13. The van der Waals surface area contributed by atoms with Crippen LogP contribution in [0.25, 0.3) is 0 Å². The molecular formula is C15H25N3O2. The Hall–Kier alpha value is -1.62. The highest BCUT2D eigenvalue weighted by Crippen LogP contribution is 2.25. The van der Waals surface area contributed by atoms with Crippen LogP contribution in [0.15, 0.2) is 18.2 Å². The van der Waals surface area contributed by atoms with Crippen molar-refractivity contribution in [1.29, 1.82) is 0 Å². The van der Waals surface area contributed by atoms with Gasteiger partial charge >= 0.3 is 0 Å². The van der Waals surface area contributed by atoms with Crippen LogP contribution in [-0.4, -0.2) is 30.0 Å². The molecule has 1 aromatic carbocycles. The van der Waals surface area contributed by atoms with Gasteiger partial charge in [0, 0.05) is 19.2 Å². The van der Waals surface area contributed by atoms with Gasteiger partial charge in [-0.15, -0.1) is 0 Å². The van der Waals surface area contributed by atoms with Gasteiger partial charge in [-0.05, 0) is 44.5 Å². The first-order chi connectivity index (χ1) is 9.43. The van der Waals surface area contributed by atoms with Gasteiger partial charge in [-0.2, -0.15) is 0 Å². The van der Waals surface area contributed by atoms with Gasteiger partial charge in [0.2, 0.25) is 0 Å². The van der Waals surface area contributed by atoms with E-state index in [4.69, 9.17) is 0 Å². The molecule has 112 valence electrons. The van der Waals surface area contributed by atoms with E-state index in [9.17, 15) is 10.1 Å². The molecule has 1 aromatic rings. The zero-order valence-corrected chi connectivity index (χ0v) is 12.8. The Morgan fingerprint density at radius 1 is 1.40 bits per heavy atom. The van der Waals surface area contributed by atoms with Crippen molar-refractivity contribution in [2.24, 2.45) is 5.92 Å². The predicted octanol–water partition coefficient (Wildman–Crippen LogP) is 3.50. The van der Waals surface area contributed by atoms with Crippen molar-refractivity contribution in [1.82, 2.24) is 4.90 Å². The summed E-state index contributed by atoms with van der Waals surface area (Å²) >= 11 is 0. The van der Waals surface area contributed by atoms with Crippen molar-refractivity contribution >= 4 is 11.4 Å². The molecule has 0 aromatic heterocycles. The molecule has 20 heavy (non-hydrogen) atoms. The molecule has 5 heteroatoms. The van der Waals surface area contributed by atoms with E-state index in [0.717, 1.165) is 25.1 Å². The highest BCUT2D eigenvalue weighted by atomic mass is 16.6. The van der Waals surface area contributed by atoms with Gasteiger partial charge in [-0.1, -0.05) is 19.9 Å². The SMILES string of the molecule is CCNc1cc(CN(C)CCC(C)C)ccc1[N+](=O)[O-]. The lowest BCUT2D eigenvalue weighted by Gasteiger charge is -2.18. The number of nitrogens with zero attached hydrogens (tertiary/aromatic N) is 2. The lowest BCUT2D eigenvalue weighted by atomic mass is 10.1. The second kappa shape index (κ2) is 7.85. The van der Waals surface area contributed by atoms with Gasteiger partial charge in [-0.3, -0.25) is 10.1 Å². The average molecular weight is 279 g/mol. The zero-order valence-electron chi connectivity index (χ0n) is 12.8. The molecule has 0 radical (unpaired) electrons. The number of hydrogen-bond acceptors (Lipinski definition) is 4. The van der Waals surface area contributed by atoms with Gasteiger partial charge in [0.15, 0.2) is 0 Å². The third-order valence-corrected chi connectivity index (χ3v) is 3.17. The van der Waals surface area contributed by atoms with E-state index in [-0.39, 0.29) is 10.6 Å². The Morgan fingerprint density at radius 2 is 2.10 bits per heavy atom. The molecule has 1 N–H and O–H groups in total. The Balaban J connectivity index is 2.76. The molecule has 0 aliphatic heterocycles. The summed E-state index contributed by atoms with van der Waals surface area (Å²) in [6.07, 6.45) is 1.16. The van der Waals surface area contributed by atoms with Crippen molar-refractivity contribution in [3.8, 4) is 0 Å². The molecule has 0 heterocycles. The summed E-state index contributed by atoms with van der Waals surface area (Å²) in [7, 11) is 2.08. The van der Waals surface area contributed by atoms with Gasteiger partial charge in [0.25, 0.3) is 5.69 Å². The minimum absolute atomic E-state index is 0.139. The van der Waals surface area contributed by atoms with E-state index in [1.165, 1.54) is 0 Å². The number of nitrogens with one attached hydrogen (secondary N) is 1. The van der Waals surface area contributed by atoms with Crippen LogP contribution in [0.4, 0.5) is 11.4 Å². The van der Waals surface area contributed by atoms with Crippen LogP contribution in [0.2, 0.25) is 0 Å². The zero-order chi connectivity index (χ0) is 15.1. The van der Waals surface area contributed by atoms with Gasteiger partial charge in [0.05, 0.1) is 4.92 Å². The summed E-state index contributed by atoms with van der Waals surface area (Å²) < 4.78 is 0. The normalized spacial score (nSPS) is 11.1.